The standard InChI is InChI=1S/C10H9F2NO3/c1-2-3-8(14)9-6(11)4-5-7(10(9)12)13(15)16/h3-5,14H,2H2,1H3. The molecule has 0 atom stereocenters. The molecule has 0 aliphatic carbocycles. The lowest BCUT2D eigenvalue weighted by Gasteiger charge is -2.04. The fourth-order valence-electron chi connectivity index (χ4n) is 1.21. The molecular weight excluding hydrogens is 220 g/mol. The molecule has 4 nitrogen and oxygen atoms in total. The van der Waals surface area contributed by atoms with Crippen LogP contribution in [-0.2, 0) is 0 Å². The number of benzene rings is 1. The van der Waals surface area contributed by atoms with Gasteiger partial charge in [0.25, 0.3) is 0 Å². The summed E-state index contributed by atoms with van der Waals surface area (Å²) >= 11 is 0. The summed E-state index contributed by atoms with van der Waals surface area (Å²) in [5, 5.41) is 19.8. The van der Waals surface area contributed by atoms with Gasteiger partial charge in [0.15, 0.2) is 0 Å². The van der Waals surface area contributed by atoms with E-state index < -0.39 is 33.6 Å². The van der Waals surface area contributed by atoms with Crippen molar-refractivity contribution in [2.75, 3.05) is 0 Å². The Bertz CT molecular complexity index is 458. The van der Waals surface area contributed by atoms with E-state index in [9.17, 15) is 24.0 Å². The molecule has 0 unspecified atom stereocenters. The Morgan fingerprint density at radius 3 is 2.69 bits per heavy atom. The molecule has 0 saturated carbocycles. The third kappa shape index (κ3) is 2.16. The van der Waals surface area contributed by atoms with Crippen LogP contribution >= 0.6 is 0 Å². The van der Waals surface area contributed by atoms with Crippen molar-refractivity contribution in [2.45, 2.75) is 13.3 Å². The molecule has 86 valence electrons. The molecule has 0 bridgehead atoms. The first-order valence-electron chi connectivity index (χ1n) is 4.51. The quantitative estimate of drug-likeness (QED) is 0.491. The van der Waals surface area contributed by atoms with Crippen molar-refractivity contribution in [2.24, 2.45) is 0 Å². The van der Waals surface area contributed by atoms with E-state index >= 15 is 0 Å². The summed E-state index contributed by atoms with van der Waals surface area (Å²) in [5.74, 6) is -3.04. The molecular formula is C10H9F2NO3. The average Bonchev–Trinajstić information content (AvgIpc) is 2.17. The van der Waals surface area contributed by atoms with Gasteiger partial charge < -0.3 is 5.11 Å². The van der Waals surface area contributed by atoms with E-state index in [-0.39, 0.29) is 0 Å². The Kier molecular flexibility index (Phi) is 3.55. The molecule has 6 heteroatoms. The first-order valence-corrected chi connectivity index (χ1v) is 4.51. The Balaban J connectivity index is 3.43. The number of nitro benzene ring substituents is 1. The minimum atomic E-state index is -1.37. The molecule has 16 heavy (non-hydrogen) atoms. The molecule has 0 amide bonds. The largest absolute Gasteiger partial charge is 0.507 e. The van der Waals surface area contributed by atoms with Crippen LogP contribution in [0, 0.1) is 21.7 Å². The van der Waals surface area contributed by atoms with Gasteiger partial charge in [-0.15, -0.1) is 0 Å². The third-order valence-electron chi connectivity index (χ3n) is 1.92. The first kappa shape index (κ1) is 12.1. The summed E-state index contributed by atoms with van der Waals surface area (Å²) in [4.78, 5) is 9.43. The maximum Gasteiger partial charge on any atom is 0.305 e. The van der Waals surface area contributed by atoms with Gasteiger partial charge in [-0.25, -0.2) is 4.39 Å². The van der Waals surface area contributed by atoms with E-state index in [1.54, 1.807) is 6.92 Å². The number of nitrogens with zero attached hydrogens (tertiary/aromatic N) is 1. The van der Waals surface area contributed by atoms with Gasteiger partial charge in [0.05, 0.1) is 10.5 Å². The lowest BCUT2D eigenvalue weighted by atomic mass is 10.1. The van der Waals surface area contributed by atoms with Crippen molar-refractivity contribution in [3.05, 3.63) is 45.5 Å². The predicted molar refractivity (Wildman–Crippen MR) is 53.9 cm³/mol. The summed E-state index contributed by atoms with van der Waals surface area (Å²) in [6, 6.07) is 1.46. The normalized spacial score (nSPS) is 11.6. The SMILES string of the molecule is CCC=C(O)c1c(F)ccc([N+](=O)[O-])c1F. The minimum absolute atomic E-state index is 0.355. The molecule has 0 fully saturated rings. The molecule has 1 rings (SSSR count). The highest BCUT2D eigenvalue weighted by molar-refractivity contribution is 5.62. The van der Waals surface area contributed by atoms with Crippen molar-refractivity contribution < 1.29 is 18.8 Å². The van der Waals surface area contributed by atoms with Gasteiger partial charge in [-0.2, -0.15) is 4.39 Å². The van der Waals surface area contributed by atoms with Gasteiger partial charge in [0.2, 0.25) is 5.82 Å². The molecule has 0 aliphatic rings. The van der Waals surface area contributed by atoms with E-state index in [4.69, 9.17) is 0 Å². The summed E-state index contributed by atoms with van der Waals surface area (Å²) < 4.78 is 26.7. The summed E-state index contributed by atoms with van der Waals surface area (Å²) in [6.45, 7) is 1.66. The van der Waals surface area contributed by atoms with Crippen LogP contribution in [0.3, 0.4) is 0 Å². The minimum Gasteiger partial charge on any atom is -0.507 e. The molecule has 0 saturated heterocycles. The lowest BCUT2D eigenvalue weighted by molar-refractivity contribution is -0.387. The van der Waals surface area contributed by atoms with Gasteiger partial charge in [-0.05, 0) is 18.6 Å². The van der Waals surface area contributed by atoms with Crippen LogP contribution in [0.1, 0.15) is 18.9 Å². The van der Waals surface area contributed by atoms with E-state index in [2.05, 4.69) is 0 Å². The van der Waals surface area contributed by atoms with Crippen LogP contribution in [0.25, 0.3) is 5.76 Å². The zero-order chi connectivity index (χ0) is 12.3. The van der Waals surface area contributed by atoms with Crippen molar-refractivity contribution in [3.8, 4) is 0 Å². The summed E-state index contributed by atoms with van der Waals surface area (Å²) in [6.07, 6.45) is 1.53. The molecule has 0 aromatic heterocycles. The van der Waals surface area contributed by atoms with Crippen LogP contribution in [0.4, 0.5) is 14.5 Å². The van der Waals surface area contributed by atoms with Gasteiger partial charge >= 0.3 is 5.69 Å². The predicted octanol–water partition coefficient (Wildman–Crippen LogP) is 3.18. The fourth-order valence-corrected chi connectivity index (χ4v) is 1.21. The number of allylic oxidation sites excluding steroid dienone is 1. The van der Waals surface area contributed by atoms with Crippen LogP contribution in [0.15, 0.2) is 18.2 Å². The number of hydrogen-bond donors (Lipinski definition) is 1. The second kappa shape index (κ2) is 4.69. The number of aliphatic hydroxyl groups is 1. The molecule has 0 spiro atoms. The number of halogens is 2. The maximum absolute atomic E-state index is 13.5. The van der Waals surface area contributed by atoms with E-state index in [1.807, 2.05) is 0 Å². The Morgan fingerprint density at radius 1 is 1.56 bits per heavy atom. The molecule has 1 aromatic rings. The zero-order valence-electron chi connectivity index (χ0n) is 8.41. The Morgan fingerprint density at radius 2 is 2.19 bits per heavy atom. The van der Waals surface area contributed by atoms with Crippen LogP contribution in [0.5, 0.6) is 0 Å². The van der Waals surface area contributed by atoms with E-state index in [1.165, 1.54) is 6.08 Å². The second-order valence-corrected chi connectivity index (χ2v) is 3.01. The van der Waals surface area contributed by atoms with Gasteiger partial charge in [0, 0.05) is 6.07 Å². The summed E-state index contributed by atoms with van der Waals surface area (Å²) in [7, 11) is 0. The van der Waals surface area contributed by atoms with Gasteiger partial charge in [-0.1, -0.05) is 6.92 Å². The summed E-state index contributed by atoms with van der Waals surface area (Å²) in [5.41, 5.74) is -1.64. The van der Waals surface area contributed by atoms with E-state index in [0.717, 1.165) is 6.07 Å². The highest BCUT2D eigenvalue weighted by Crippen LogP contribution is 2.27. The van der Waals surface area contributed by atoms with Crippen LogP contribution < -0.4 is 0 Å². The van der Waals surface area contributed by atoms with Crippen molar-refractivity contribution in [1.29, 1.82) is 0 Å². The van der Waals surface area contributed by atoms with Crippen molar-refractivity contribution in [3.63, 3.8) is 0 Å². The number of nitro groups is 1. The number of hydrogen-bond acceptors (Lipinski definition) is 3. The first-order chi connectivity index (χ1) is 7.49. The third-order valence-corrected chi connectivity index (χ3v) is 1.92. The highest BCUT2D eigenvalue weighted by atomic mass is 19.1. The number of rotatable bonds is 3. The van der Waals surface area contributed by atoms with Crippen LogP contribution in [-0.4, -0.2) is 10.0 Å². The molecule has 1 aromatic carbocycles. The van der Waals surface area contributed by atoms with E-state index in [0.29, 0.717) is 12.5 Å². The maximum atomic E-state index is 13.5. The highest BCUT2D eigenvalue weighted by Gasteiger charge is 2.23. The second-order valence-electron chi connectivity index (χ2n) is 3.01. The molecule has 0 radical (unpaired) electrons. The van der Waals surface area contributed by atoms with Gasteiger partial charge in [-0.3, -0.25) is 10.1 Å². The topological polar surface area (TPSA) is 63.4 Å². The Hall–Kier alpha value is -1.98. The van der Waals surface area contributed by atoms with Crippen molar-refractivity contribution in [1.82, 2.24) is 0 Å². The molecule has 0 heterocycles. The molecule has 1 N–H and O–H groups in total. The van der Waals surface area contributed by atoms with Crippen LogP contribution in [0.2, 0.25) is 0 Å². The Labute approximate surface area is 90.0 Å². The lowest BCUT2D eigenvalue weighted by Crippen LogP contribution is -2.00. The molecule has 0 aliphatic heterocycles. The number of aliphatic hydroxyl groups excluding tert-OH is 1. The average molecular weight is 229 g/mol. The monoisotopic (exact) mass is 229 g/mol. The fraction of sp³-hybridized carbons (Fsp3) is 0.200. The van der Waals surface area contributed by atoms with Crippen molar-refractivity contribution >= 4 is 11.4 Å². The smallest absolute Gasteiger partial charge is 0.305 e. The zero-order valence-corrected chi connectivity index (χ0v) is 8.41. The van der Waals surface area contributed by atoms with Gasteiger partial charge in [0.1, 0.15) is 11.6 Å².